The minimum atomic E-state index is -0.312. The third-order valence-electron chi connectivity index (χ3n) is 30.7. The number of hydrogen-bond donors (Lipinski definition) is 0. The molecule has 0 bridgehead atoms. The van der Waals surface area contributed by atoms with Crippen LogP contribution in [-0.2, 0) is 21.7 Å². The minimum absolute atomic E-state index is 0.250. The van der Waals surface area contributed by atoms with Gasteiger partial charge < -0.3 is 18.6 Å². The van der Waals surface area contributed by atoms with Gasteiger partial charge in [-0.1, -0.05) is 347 Å². The summed E-state index contributed by atoms with van der Waals surface area (Å²) in [6.45, 7) is 19.2. The first-order valence-corrected chi connectivity index (χ1v) is 47.7. The second-order valence-electron chi connectivity index (χ2n) is 39.9. The smallest absolute Gasteiger partial charge is 0.136 e. The third kappa shape index (κ3) is 12.9. The largest absolute Gasteiger partial charge is 0.456 e. The van der Waals surface area contributed by atoms with Crippen molar-refractivity contribution in [2.75, 3.05) is 9.80 Å². The second-order valence-corrected chi connectivity index (χ2v) is 39.9. The highest BCUT2D eigenvalue weighted by atomic mass is 16.3. The Morgan fingerprint density at radius 3 is 0.706 bits per heavy atom. The normalized spacial score (nSPS) is 14.0. The van der Waals surface area contributed by atoms with Crippen LogP contribution in [0.25, 0.3) is 189 Å². The molecule has 0 spiro atoms. The standard InChI is InChI=1S/C132H96N2O2/c1-129(2)117-71-91(81-23-11-9-12-24-81)45-59-105(117)109-65-55-99(77-121(109)129)133(100-56-67-111-107-61-47-93(73-119(107)131(5,6)123(111)78-100)95-49-63-115-113-33-17-19-35-125(113)135-127(115)75-95)97-51-41-84(42-52-97)88-28-22-30-90(70-88)89-29-21-27-87(69-89)82-37-39-83(40-38-82)92-46-60-106-110-66-57-101(79-122(110)130(3,4)118(106)72-92)134(98-53-43-86(44-54-98)104-32-16-15-31-103(104)85-25-13-10-14-26-85)102-58-68-112-108-62-48-94(74-120(108)132(7,8)124(112)80-102)96-50-64-116-114-34-18-20-36-126(114)136-128(116)76-96/h9-80H,1-8H3. The Labute approximate surface area is 794 Å². The van der Waals surface area contributed by atoms with Crippen molar-refractivity contribution < 1.29 is 8.83 Å². The molecule has 0 aliphatic heterocycles. The zero-order valence-corrected chi connectivity index (χ0v) is 77.3. The van der Waals surface area contributed by atoms with Crippen LogP contribution in [0.15, 0.2) is 446 Å². The average Bonchev–Trinajstić information content (AvgIpc) is 1.56. The summed E-state index contributed by atoms with van der Waals surface area (Å²) in [5.74, 6) is 0. The molecule has 136 heavy (non-hydrogen) atoms. The van der Waals surface area contributed by atoms with Gasteiger partial charge in [-0.05, 0) is 335 Å². The molecule has 0 saturated heterocycles. The number of para-hydroxylation sites is 2. The van der Waals surface area contributed by atoms with E-state index in [1.54, 1.807) is 0 Å². The first-order chi connectivity index (χ1) is 66.4. The molecule has 2 heterocycles. The second kappa shape index (κ2) is 30.6. The minimum Gasteiger partial charge on any atom is -0.456 e. The zero-order valence-electron chi connectivity index (χ0n) is 77.3. The molecular weight excluding hydrogens is 1650 g/mol. The van der Waals surface area contributed by atoms with Crippen LogP contribution in [0.2, 0.25) is 0 Å². The van der Waals surface area contributed by atoms with E-state index in [-0.39, 0.29) is 21.7 Å². The molecule has 20 aromatic carbocycles. The highest BCUT2D eigenvalue weighted by molar-refractivity contribution is 6.08. The van der Waals surface area contributed by atoms with Gasteiger partial charge in [0.25, 0.3) is 0 Å². The number of nitrogens with zero attached hydrogens (tertiary/aromatic N) is 2. The fourth-order valence-electron chi connectivity index (χ4n) is 23.3. The van der Waals surface area contributed by atoms with Crippen LogP contribution >= 0.6 is 0 Å². The molecule has 646 valence electrons. The highest BCUT2D eigenvalue weighted by Gasteiger charge is 2.42. The van der Waals surface area contributed by atoms with Crippen LogP contribution in [0.5, 0.6) is 0 Å². The van der Waals surface area contributed by atoms with E-state index in [4.69, 9.17) is 8.83 Å². The quantitative estimate of drug-likeness (QED) is 0.102. The Hall–Kier alpha value is -16.4. The maximum atomic E-state index is 6.42. The molecule has 4 aliphatic rings. The summed E-state index contributed by atoms with van der Waals surface area (Å²) in [4.78, 5) is 4.97. The number of hydrogen-bond acceptors (Lipinski definition) is 4. The van der Waals surface area contributed by atoms with Gasteiger partial charge in [0.05, 0.1) is 0 Å². The van der Waals surface area contributed by atoms with Gasteiger partial charge in [0.1, 0.15) is 22.3 Å². The van der Waals surface area contributed by atoms with Gasteiger partial charge in [-0.15, -0.1) is 0 Å². The lowest BCUT2D eigenvalue weighted by Crippen LogP contribution is -2.18. The molecule has 0 unspecified atom stereocenters. The van der Waals surface area contributed by atoms with Crippen molar-refractivity contribution >= 4 is 78.0 Å². The summed E-state index contributed by atoms with van der Waals surface area (Å²) in [7, 11) is 0. The van der Waals surface area contributed by atoms with Crippen molar-refractivity contribution in [3.05, 3.63) is 481 Å². The molecule has 4 nitrogen and oxygen atoms in total. The van der Waals surface area contributed by atoms with Crippen LogP contribution in [0, 0.1) is 0 Å². The van der Waals surface area contributed by atoms with Crippen LogP contribution in [0.3, 0.4) is 0 Å². The molecule has 4 heteroatoms. The molecule has 0 atom stereocenters. The van der Waals surface area contributed by atoms with E-state index in [0.717, 1.165) is 100 Å². The molecular formula is C132H96N2O2. The molecule has 26 rings (SSSR count). The number of benzene rings is 20. The molecule has 0 amide bonds. The fourth-order valence-corrected chi connectivity index (χ4v) is 23.3. The number of fused-ring (bicyclic) bond motifs is 18. The molecule has 0 radical (unpaired) electrons. The predicted octanol–water partition coefficient (Wildman–Crippen LogP) is 36.7. The van der Waals surface area contributed by atoms with Crippen LogP contribution in [0.4, 0.5) is 34.1 Å². The van der Waals surface area contributed by atoms with E-state index in [1.165, 1.54) is 167 Å². The van der Waals surface area contributed by atoms with Crippen molar-refractivity contribution in [1.29, 1.82) is 0 Å². The van der Waals surface area contributed by atoms with Gasteiger partial charge in [-0.2, -0.15) is 0 Å². The third-order valence-corrected chi connectivity index (χ3v) is 30.7. The number of rotatable bonds is 15. The van der Waals surface area contributed by atoms with Crippen molar-refractivity contribution in [2.45, 2.75) is 77.0 Å². The Morgan fingerprint density at radius 1 is 0.140 bits per heavy atom. The monoisotopic (exact) mass is 1740 g/mol. The van der Waals surface area contributed by atoms with Crippen LogP contribution in [-0.4, -0.2) is 0 Å². The molecule has 0 saturated carbocycles. The van der Waals surface area contributed by atoms with Crippen molar-refractivity contribution in [3.8, 4) is 145 Å². The maximum Gasteiger partial charge on any atom is 0.136 e. The molecule has 2 aromatic heterocycles. The first-order valence-electron chi connectivity index (χ1n) is 47.7. The van der Waals surface area contributed by atoms with Crippen molar-refractivity contribution in [3.63, 3.8) is 0 Å². The molecule has 0 N–H and O–H groups in total. The first kappa shape index (κ1) is 80.5. The maximum absolute atomic E-state index is 6.42. The van der Waals surface area contributed by atoms with E-state index >= 15 is 0 Å². The van der Waals surface area contributed by atoms with Gasteiger partial charge in [-0.25, -0.2) is 0 Å². The zero-order chi connectivity index (χ0) is 91.2. The van der Waals surface area contributed by atoms with E-state index in [0.29, 0.717) is 0 Å². The van der Waals surface area contributed by atoms with E-state index < -0.39 is 0 Å². The topological polar surface area (TPSA) is 32.8 Å². The summed E-state index contributed by atoms with van der Waals surface area (Å²) in [5, 5.41) is 4.56. The van der Waals surface area contributed by atoms with Crippen molar-refractivity contribution in [1.82, 2.24) is 0 Å². The van der Waals surface area contributed by atoms with Crippen LogP contribution in [0.1, 0.15) is 99.9 Å². The molecule has 0 fully saturated rings. The van der Waals surface area contributed by atoms with Gasteiger partial charge in [0.15, 0.2) is 0 Å². The lowest BCUT2D eigenvalue weighted by molar-refractivity contribution is 0.660. The lowest BCUT2D eigenvalue weighted by atomic mass is 9.81. The van der Waals surface area contributed by atoms with E-state index in [2.05, 4.69) is 490 Å². The highest BCUT2D eigenvalue weighted by Crippen LogP contribution is 2.59. The van der Waals surface area contributed by atoms with Crippen LogP contribution < -0.4 is 9.80 Å². The van der Waals surface area contributed by atoms with Gasteiger partial charge in [0.2, 0.25) is 0 Å². The Bertz CT molecular complexity index is 8690. The molecule has 22 aromatic rings. The Balaban J connectivity index is 0.486. The van der Waals surface area contributed by atoms with E-state index in [1.807, 2.05) is 12.1 Å². The van der Waals surface area contributed by atoms with E-state index in [9.17, 15) is 0 Å². The van der Waals surface area contributed by atoms with Gasteiger partial charge >= 0.3 is 0 Å². The average molecular weight is 1740 g/mol. The number of furan rings is 2. The van der Waals surface area contributed by atoms with Gasteiger partial charge in [-0.3, -0.25) is 0 Å². The Morgan fingerprint density at radius 2 is 0.353 bits per heavy atom. The van der Waals surface area contributed by atoms with Gasteiger partial charge in [0, 0.05) is 77.3 Å². The van der Waals surface area contributed by atoms with Crippen molar-refractivity contribution in [2.24, 2.45) is 0 Å². The summed E-state index contributed by atoms with van der Waals surface area (Å²) >= 11 is 0. The SMILES string of the molecule is CC1(C)c2cc(-c3ccccc3)ccc2-c2ccc(N(c3ccc(-c4cccc(-c5cccc(-c6ccc(-c7ccc8c(c7)C(C)(C)c7cc(N(c9ccc(-c%10ccccc%10-c%10ccccc%10)cc9)c9ccc%10c(c9)C(C)(C)c9cc(-c%11ccc%12c(c%11)oc%11ccccc%11%12)ccc9-%10)ccc7-8)cc6)c5)c4)cc3)c3ccc4c(c3)C(C)(C)c3cc(-c5ccc6c(c5)oc5ccccc56)ccc3-4)cc21. The predicted molar refractivity (Wildman–Crippen MR) is 570 cm³/mol. The summed E-state index contributed by atoms with van der Waals surface area (Å²) in [6.07, 6.45) is 0. The summed E-state index contributed by atoms with van der Waals surface area (Å²) in [6, 6.07) is 163. The summed E-state index contributed by atoms with van der Waals surface area (Å²) < 4.78 is 12.8. The lowest BCUT2D eigenvalue weighted by Gasteiger charge is -2.30. The Kier molecular flexibility index (Phi) is 18.1. The summed E-state index contributed by atoms with van der Waals surface area (Å²) in [5.41, 5.74) is 51.3. The molecule has 4 aliphatic carbocycles. The fraction of sp³-hybridized carbons (Fsp3) is 0.0909. The number of anilines is 6.